The van der Waals surface area contributed by atoms with E-state index >= 15 is 0 Å². The van der Waals surface area contributed by atoms with E-state index in [1.165, 1.54) is 0 Å². The van der Waals surface area contributed by atoms with Crippen LogP contribution in [-0.4, -0.2) is 15.7 Å². The van der Waals surface area contributed by atoms with Gasteiger partial charge in [0.2, 0.25) is 0 Å². The summed E-state index contributed by atoms with van der Waals surface area (Å²) in [6, 6.07) is 0. The minimum Gasteiger partial charge on any atom is -0.230 e. The van der Waals surface area contributed by atoms with E-state index in [1.54, 1.807) is 24.2 Å². The van der Waals surface area contributed by atoms with Gasteiger partial charge in [0, 0.05) is 18.1 Å². The maximum absolute atomic E-state index is 4.16. The zero-order valence-electron chi connectivity index (χ0n) is 7.12. The van der Waals surface area contributed by atoms with Crippen molar-refractivity contribution < 1.29 is 0 Å². The van der Waals surface area contributed by atoms with E-state index < -0.39 is 0 Å². The molecule has 12 heavy (non-hydrogen) atoms. The van der Waals surface area contributed by atoms with E-state index in [1.807, 2.05) is 0 Å². The molecule has 0 aliphatic heterocycles. The second-order valence-electron chi connectivity index (χ2n) is 2.89. The first-order valence-corrected chi connectivity index (χ1v) is 5.56. The molecule has 0 radical (unpaired) electrons. The van der Waals surface area contributed by atoms with Gasteiger partial charge in [-0.05, 0) is 21.8 Å². The highest BCUT2D eigenvalue weighted by molar-refractivity contribution is 9.10. The van der Waals surface area contributed by atoms with E-state index in [0.717, 1.165) is 15.4 Å². The van der Waals surface area contributed by atoms with E-state index in [0.29, 0.717) is 5.92 Å². The third kappa shape index (κ3) is 3.54. The number of halogens is 1. The van der Waals surface area contributed by atoms with Crippen molar-refractivity contribution >= 4 is 27.7 Å². The summed E-state index contributed by atoms with van der Waals surface area (Å²) >= 11 is 4.99. The highest BCUT2D eigenvalue weighted by Gasteiger charge is 1.99. The van der Waals surface area contributed by atoms with Gasteiger partial charge in [0.05, 0.1) is 4.47 Å². The van der Waals surface area contributed by atoms with Gasteiger partial charge in [0.1, 0.15) is 0 Å². The van der Waals surface area contributed by atoms with Gasteiger partial charge < -0.3 is 0 Å². The van der Waals surface area contributed by atoms with Crippen molar-refractivity contribution in [2.75, 3.05) is 5.75 Å². The van der Waals surface area contributed by atoms with Crippen LogP contribution in [0.2, 0.25) is 0 Å². The van der Waals surface area contributed by atoms with E-state index in [9.17, 15) is 0 Å². The van der Waals surface area contributed by atoms with Crippen LogP contribution in [0.1, 0.15) is 13.8 Å². The van der Waals surface area contributed by atoms with Crippen LogP contribution in [-0.2, 0) is 0 Å². The molecule has 1 rings (SSSR count). The summed E-state index contributed by atoms with van der Waals surface area (Å²) in [4.78, 5) is 8.31. The van der Waals surface area contributed by atoms with Crippen LogP contribution in [0.25, 0.3) is 0 Å². The van der Waals surface area contributed by atoms with Crippen LogP contribution < -0.4 is 0 Å². The topological polar surface area (TPSA) is 25.8 Å². The molecule has 0 unspecified atom stereocenters. The second kappa shape index (κ2) is 4.82. The van der Waals surface area contributed by atoms with Crippen LogP contribution in [0.3, 0.4) is 0 Å². The predicted octanol–water partition coefficient (Wildman–Crippen LogP) is 2.99. The number of aromatic nitrogens is 2. The zero-order valence-corrected chi connectivity index (χ0v) is 9.52. The molecule has 0 bridgehead atoms. The summed E-state index contributed by atoms with van der Waals surface area (Å²) < 4.78 is 0.927. The molecule has 0 spiro atoms. The van der Waals surface area contributed by atoms with Crippen molar-refractivity contribution in [3.8, 4) is 0 Å². The van der Waals surface area contributed by atoms with Crippen LogP contribution in [0, 0.1) is 5.92 Å². The molecule has 66 valence electrons. The first-order valence-electron chi connectivity index (χ1n) is 3.79. The van der Waals surface area contributed by atoms with E-state index in [-0.39, 0.29) is 0 Å². The monoisotopic (exact) mass is 246 g/mol. The van der Waals surface area contributed by atoms with Gasteiger partial charge in [-0.25, -0.2) is 9.97 Å². The molecule has 4 heteroatoms. The predicted molar refractivity (Wildman–Crippen MR) is 55.3 cm³/mol. The summed E-state index contributed by atoms with van der Waals surface area (Å²) in [6.07, 6.45) is 3.55. The van der Waals surface area contributed by atoms with E-state index in [2.05, 4.69) is 39.7 Å². The van der Waals surface area contributed by atoms with Crippen molar-refractivity contribution in [2.45, 2.75) is 19.0 Å². The van der Waals surface area contributed by atoms with Crippen molar-refractivity contribution in [3.63, 3.8) is 0 Å². The Morgan fingerprint density at radius 2 is 2.00 bits per heavy atom. The molecule has 0 amide bonds. The Labute approximate surface area is 85.3 Å². The van der Waals surface area contributed by atoms with Gasteiger partial charge >= 0.3 is 0 Å². The molecule has 0 saturated heterocycles. The van der Waals surface area contributed by atoms with Gasteiger partial charge in [-0.15, -0.1) is 0 Å². The Morgan fingerprint density at radius 3 is 2.50 bits per heavy atom. The highest BCUT2D eigenvalue weighted by Crippen LogP contribution is 2.16. The first-order chi connectivity index (χ1) is 5.68. The standard InChI is InChI=1S/C8H11BrN2S/c1-6(2)5-12-8-10-3-7(9)4-11-8/h3-4,6H,5H2,1-2H3. The van der Waals surface area contributed by atoms with Gasteiger partial charge in [0.15, 0.2) is 5.16 Å². The maximum Gasteiger partial charge on any atom is 0.187 e. The minimum atomic E-state index is 0.683. The molecule has 1 aromatic rings. The molecule has 0 fully saturated rings. The average molecular weight is 247 g/mol. The fourth-order valence-corrected chi connectivity index (χ4v) is 1.56. The first kappa shape index (κ1) is 9.99. The highest BCUT2D eigenvalue weighted by atomic mass is 79.9. The molecule has 1 heterocycles. The SMILES string of the molecule is CC(C)CSc1ncc(Br)cn1. The smallest absolute Gasteiger partial charge is 0.187 e. The molecule has 0 N–H and O–H groups in total. The number of rotatable bonds is 3. The lowest BCUT2D eigenvalue weighted by molar-refractivity contribution is 0.747. The van der Waals surface area contributed by atoms with Gasteiger partial charge in [-0.2, -0.15) is 0 Å². The maximum atomic E-state index is 4.16. The van der Waals surface area contributed by atoms with Crippen LogP contribution >= 0.6 is 27.7 Å². The Kier molecular flexibility index (Phi) is 4.01. The average Bonchev–Trinajstić information content (AvgIpc) is 2.03. The summed E-state index contributed by atoms with van der Waals surface area (Å²) in [5, 5.41) is 0.854. The summed E-state index contributed by atoms with van der Waals surface area (Å²) in [5.41, 5.74) is 0. The number of hydrogen-bond donors (Lipinski definition) is 0. The molecular weight excluding hydrogens is 236 g/mol. The minimum absolute atomic E-state index is 0.683. The molecule has 0 aliphatic rings. The van der Waals surface area contributed by atoms with Crippen molar-refractivity contribution in [1.82, 2.24) is 9.97 Å². The van der Waals surface area contributed by atoms with Crippen LogP contribution in [0.4, 0.5) is 0 Å². The quantitative estimate of drug-likeness (QED) is 0.606. The number of hydrogen-bond acceptors (Lipinski definition) is 3. The zero-order chi connectivity index (χ0) is 8.97. The normalized spacial score (nSPS) is 10.7. The number of thioether (sulfide) groups is 1. The number of nitrogens with zero attached hydrogens (tertiary/aromatic N) is 2. The second-order valence-corrected chi connectivity index (χ2v) is 4.79. The molecule has 2 nitrogen and oxygen atoms in total. The summed E-state index contributed by atoms with van der Waals surface area (Å²) in [6.45, 7) is 4.37. The lowest BCUT2D eigenvalue weighted by Crippen LogP contribution is -1.93. The lowest BCUT2D eigenvalue weighted by Gasteiger charge is -2.01. The van der Waals surface area contributed by atoms with Crippen molar-refractivity contribution in [3.05, 3.63) is 16.9 Å². The van der Waals surface area contributed by atoms with Gasteiger partial charge in [-0.1, -0.05) is 25.6 Å². The van der Waals surface area contributed by atoms with Gasteiger partial charge in [-0.3, -0.25) is 0 Å². The lowest BCUT2D eigenvalue weighted by atomic mass is 10.3. The fraction of sp³-hybridized carbons (Fsp3) is 0.500. The Balaban J connectivity index is 2.48. The molecule has 1 aromatic heterocycles. The Hall–Kier alpha value is -0.0900. The Morgan fingerprint density at radius 1 is 1.42 bits per heavy atom. The molecular formula is C8H11BrN2S. The van der Waals surface area contributed by atoms with Crippen molar-refractivity contribution in [1.29, 1.82) is 0 Å². The molecule has 0 atom stereocenters. The summed E-state index contributed by atoms with van der Waals surface area (Å²) in [7, 11) is 0. The molecule has 0 aromatic carbocycles. The van der Waals surface area contributed by atoms with Crippen molar-refractivity contribution in [2.24, 2.45) is 5.92 Å². The van der Waals surface area contributed by atoms with E-state index in [4.69, 9.17) is 0 Å². The third-order valence-corrected chi connectivity index (χ3v) is 2.85. The summed E-state index contributed by atoms with van der Waals surface area (Å²) in [5.74, 6) is 1.75. The Bertz CT molecular complexity index is 235. The van der Waals surface area contributed by atoms with Gasteiger partial charge in [0.25, 0.3) is 0 Å². The molecule has 0 saturated carbocycles. The third-order valence-electron chi connectivity index (χ3n) is 1.14. The van der Waals surface area contributed by atoms with Crippen LogP contribution in [0.15, 0.2) is 22.0 Å². The van der Waals surface area contributed by atoms with Crippen LogP contribution in [0.5, 0.6) is 0 Å². The molecule has 0 aliphatic carbocycles. The fourth-order valence-electron chi connectivity index (χ4n) is 0.616. The largest absolute Gasteiger partial charge is 0.230 e.